The molecule has 2 aromatic rings. The average Bonchev–Trinajstić information content (AvgIpc) is 3.43. The highest BCUT2D eigenvalue weighted by Crippen LogP contribution is 2.25. The van der Waals surface area contributed by atoms with E-state index in [1.54, 1.807) is 6.08 Å². The molecule has 48 heavy (non-hydrogen) atoms. The molecule has 3 amide bonds. The summed E-state index contributed by atoms with van der Waals surface area (Å²) < 4.78 is 5.40. The van der Waals surface area contributed by atoms with Gasteiger partial charge in [-0.2, -0.15) is 0 Å². The van der Waals surface area contributed by atoms with Gasteiger partial charge in [0.25, 0.3) is 0 Å². The Balaban J connectivity index is 1.42. The SMILES string of the molecule is CN/C(=C\C=C(/N)NC(=O)Cc1cccc(C(C)(C)NC(=O)OC(C)(C)C)c1)CCCCc1nnc(NC(=O)CC2C=CC=CC2C)s1. The zero-order valence-electron chi connectivity index (χ0n) is 29.2. The van der Waals surface area contributed by atoms with Crippen LogP contribution in [-0.4, -0.2) is 40.8 Å². The van der Waals surface area contributed by atoms with Gasteiger partial charge in [-0.05, 0) is 89.0 Å². The van der Waals surface area contributed by atoms with Crippen molar-refractivity contribution in [3.8, 4) is 0 Å². The van der Waals surface area contributed by atoms with E-state index >= 15 is 0 Å². The summed E-state index contributed by atoms with van der Waals surface area (Å²) >= 11 is 1.41. The van der Waals surface area contributed by atoms with E-state index in [1.807, 2.05) is 84.2 Å². The van der Waals surface area contributed by atoms with Crippen molar-refractivity contribution in [2.24, 2.45) is 17.6 Å². The zero-order valence-corrected chi connectivity index (χ0v) is 30.0. The van der Waals surface area contributed by atoms with Crippen LogP contribution in [0, 0.1) is 11.8 Å². The van der Waals surface area contributed by atoms with Gasteiger partial charge in [-0.1, -0.05) is 66.8 Å². The molecule has 1 aliphatic rings. The van der Waals surface area contributed by atoms with E-state index in [0.717, 1.165) is 47.5 Å². The van der Waals surface area contributed by atoms with Crippen molar-refractivity contribution in [2.75, 3.05) is 12.4 Å². The predicted octanol–water partition coefficient (Wildman–Crippen LogP) is 5.98. The molecule has 0 saturated carbocycles. The molecule has 1 aromatic heterocycles. The lowest BCUT2D eigenvalue weighted by Crippen LogP contribution is -2.43. The Hall–Kier alpha value is -4.45. The van der Waals surface area contributed by atoms with E-state index in [2.05, 4.69) is 50.5 Å². The smallest absolute Gasteiger partial charge is 0.408 e. The van der Waals surface area contributed by atoms with Crippen LogP contribution in [0.5, 0.6) is 0 Å². The molecule has 3 rings (SSSR count). The van der Waals surface area contributed by atoms with E-state index in [1.165, 1.54) is 11.3 Å². The number of hydrogen-bond donors (Lipinski definition) is 5. The molecular weight excluding hydrogens is 627 g/mol. The number of amides is 3. The molecule has 0 radical (unpaired) electrons. The summed E-state index contributed by atoms with van der Waals surface area (Å²) in [5.41, 5.74) is 7.41. The Labute approximate surface area is 288 Å². The molecule has 12 heteroatoms. The Morgan fingerprint density at radius 2 is 1.77 bits per heavy atom. The number of nitrogens with two attached hydrogens (primary N) is 1. The first-order valence-electron chi connectivity index (χ1n) is 16.4. The number of hydrogen-bond acceptors (Lipinski definition) is 9. The minimum absolute atomic E-state index is 0.0512. The van der Waals surface area contributed by atoms with Gasteiger partial charge in [0.05, 0.1) is 12.0 Å². The van der Waals surface area contributed by atoms with Crippen molar-refractivity contribution in [3.05, 3.63) is 88.4 Å². The zero-order chi connectivity index (χ0) is 35.3. The van der Waals surface area contributed by atoms with Crippen molar-refractivity contribution in [1.82, 2.24) is 26.1 Å². The second kappa shape index (κ2) is 17.6. The number of benzene rings is 1. The van der Waals surface area contributed by atoms with Crippen molar-refractivity contribution >= 4 is 34.4 Å². The monoisotopic (exact) mass is 677 g/mol. The molecule has 0 bridgehead atoms. The number of allylic oxidation sites excluding steroid dienone is 7. The highest BCUT2D eigenvalue weighted by atomic mass is 32.1. The molecule has 1 heterocycles. The molecule has 2 atom stereocenters. The number of aromatic nitrogens is 2. The Kier molecular flexibility index (Phi) is 14.0. The molecule has 0 saturated heterocycles. The van der Waals surface area contributed by atoms with Gasteiger partial charge in [0.2, 0.25) is 16.9 Å². The lowest BCUT2D eigenvalue weighted by atomic mass is 9.87. The number of carbonyl (C=O) groups excluding carboxylic acids is 3. The second-order valence-electron chi connectivity index (χ2n) is 13.5. The first kappa shape index (κ1) is 38.0. The van der Waals surface area contributed by atoms with Gasteiger partial charge in [0.1, 0.15) is 16.4 Å². The van der Waals surface area contributed by atoms with Crippen LogP contribution in [0.25, 0.3) is 0 Å². The van der Waals surface area contributed by atoms with Gasteiger partial charge in [0, 0.05) is 25.6 Å². The fourth-order valence-electron chi connectivity index (χ4n) is 5.01. The maximum atomic E-state index is 12.7. The van der Waals surface area contributed by atoms with Crippen molar-refractivity contribution < 1.29 is 19.1 Å². The highest BCUT2D eigenvalue weighted by molar-refractivity contribution is 7.15. The predicted molar refractivity (Wildman–Crippen MR) is 192 cm³/mol. The molecule has 1 aromatic carbocycles. The molecule has 2 unspecified atom stereocenters. The van der Waals surface area contributed by atoms with Gasteiger partial charge in [-0.15, -0.1) is 10.2 Å². The molecule has 1 aliphatic carbocycles. The fraction of sp³-hybridized carbons (Fsp3) is 0.472. The van der Waals surface area contributed by atoms with Crippen LogP contribution in [0.4, 0.5) is 9.93 Å². The summed E-state index contributed by atoms with van der Waals surface area (Å²) in [5.74, 6) is 0.465. The minimum Gasteiger partial charge on any atom is -0.444 e. The summed E-state index contributed by atoms with van der Waals surface area (Å²) in [6.07, 6.45) is 15.1. The number of carbonyl (C=O) groups is 3. The van der Waals surface area contributed by atoms with E-state index in [9.17, 15) is 14.4 Å². The normalized spacial score (nSPS) is 16.7. The van der Waals surface area contributed by atoms with Gasteiger partial charge in [-0.25, -0.2) is 4.79 Å². The highest BCUT2D eigenvalue weighted by Gasteiger charge is 2.26. The van der Waals surface area contributed by atoms with Crippen LogP contribution in [0.1, 0.15) is 83.4 Å². The van der Waals surface area contributed by atoms with Crippen LogP contribution in [-0.2, 0) is 32.7 Å². The number of ether oxygens (including phenoxy) is 1. The van der Waals surface area contributed by atoms with E-state index < -0.39 is 17.2 Å². The van der Waals surface area contributed by atoms with Crippen molar-refractivity contribution in [2.45, 2.75) is 91.2 Å². The van der Waals surface area contributed by atoms with Gasteiger partial charge in [0.15, 0.2) is 0 Å². The third kappa shape index (κ3) is 13.3. The molecule has 0 aliphatic heterocycles. The lowest BCUT2D eigenvalue weighted by molar-refractivity contribution is -0.120. The molecular formula is C36H51N7O4S. The maximum absolute atomic E-state index is 12.7. The molecule has 6 N–H and O–H groups in total. The number of nitrogens with zero attached hydrogens (tertiary/aromatic N) is 2. The van der Waals surface area contributed by atoms with Crippen LogP contribution in [0.15, 0.2) is 72.2 Å². The number of aryl methyl sites for hydroxylation is 1. The summed E-state index contributed by atoms with van der Waals surface area (Å²) in [6.45, 7) is 11.3. The molecule has 11 nitrogen and oxygen atoms in total. The van der Waals surface area contributed by atoms with E-state index in [4.69, 9.17) is 10.5 Å². The summed E-state index contributed by atoms with van der Waals surface area (Å²) in [7, 11) is 1.85. The van der Waals surface area contributed by atoms with Gasteiger partial charge >= 0.3 is 6.09 Å². The topological polar surface area (TPSA) is 160 Å². The molecule has 260 valence electrons. The summed E-state index contributed by atoms with van der Waals surface area (Å²) in [6, 6.07) is 7.51. The third-order valence-corrected chi connectivity index (χ3v) is 8.57. The van der Waals surface area contributed by atoms with Crippen molar-refractivity contribution in [1.29, 1.82) is 0 Å². The van der Waals surface area contributed by atoms with E-state index in [0.29, 0.717) is 17.5 Å². The standard InChI is InChI=1S/C36H51N7O4S/c1-24-13-8-9-15-26(24)23-31(45)40-33-43-42-32(48-33)18-11-10-17-28(38-7)19-20-29(37)39-30(44)22-25-14-12-16-27(21-25)36(5,6)41-34(46)47-35(2,3)4/h8-9,12-16,19-21,24,26,38H,10-11,17-18,22-23,37H2,1-7H3,(H,39,44)(H,41,46)(H,40,43,45)/b28-19-,29-20+. The number of rotatable bonds is 15. The third-order valence-electron chi connectivity index (χ3n) is 7.68. The summed E-state index contributed by atoms with van der Waals surface area (Å²) in [5, 5.41) is 21.5. The maximum Gasteiger partial charge on any atom is 0.408 e. The van der Waals surface area contributed by atoms with Crippen LogP contribution < -0.4 is 27.0 Å². The lowest BCUT2D eigenvalue weighted by Gasteiger charge is -2.29. The second-order valence-corrected chi connectivity index (χ2v) is 14.6. The largest absolute Gasteiger partial charge is 0.444 e. The quantitative estimate of drug-likeness (QED) is 0.114. The number of nitrogens with one attached hydrogen (secondary N) is 4. The van der Waals surface area contributed by atoms with Gasteiger partial charge in [-0.3, -0.25) is 9.59 Å². The number of unbranched alkanes of at least 4 members (excludes halogenated alkanes) is 1. The van der Waals surface area contributed by atoms with Crippen LogP contribution in [0.3, 0.4) is 0 Å². The van der Waals surface area contributed by atoms with Crippen LogP contribution >= 0.6 is 11.3 Å². The average molecular weight is 678 g/mol. The van der Waals surface area contributed by atoms with Crippen molar-refractivity contribution in [3.63, 3.8) is 0 Å². The van der Waals surface area contributed by atoms with E-state index in [-0.39, 0.29) is 30.0 Å². The van der Waals surface area contributed by atoms with Gasteiger partial charge < -0.3 is 31.7 Å². The Bertz CT molecular complexity index is 1530. The molecule has 0 spiro atoms. The van der Waals surface area contributed by atoms with Crippen LogP contribution in [0.2, 0.25) is 0 Å². The minimum atomic E-state index is -0.705. The fourth-order valence-corrected chi connectivity index (χ4v) is 5.81. The number of anilines is 1. The molecule has 0 fully saturated rings. The Morgan fingerprint density at radius 3 is 2.48 bits per heavy atom. The Morgan fingerprint density at radius 1 is 1.02 bits per heavy atom. The first-order chi connectivity index (χ1) is 22.6. The first-order valence-corrected chi connectivity index (χ1v) is 17.2. The summed E-state index contributed by atoms with van der Waals surface area (Å²) in [4.78, 5) is 37.5. The number of alkyl carbamates (subject to hydrolysis) is 1.